The van der Waals surface area contributed by atoms with Crippen molar-refractivity contribution in [2.45, 2.75) is 31.7 Å². The van der Waals surface area contributed by atoms with Crippen LogP contribution in [0.5, 0.6) is 0 Å². The molecule has 0 saturated heterocycles. The zero-order valence-electron chi connectivity index (χ0n) is 10.3. The molecule has 1 saturated carbocycles. The van der Waals surface area contributed by atoms with Crippen molar-refractivity contribution in [1.82, 2.24) is 0 Å². The van der Waals surface area contributed by atoms with Gasteiger partial charge in [0, 0.05) is 18.2 Å². The molecule has 0 aromatic heterocycles. The molecule has 6 heteroatoms. The number of rotatable bonds is 2. The zero-order valence-corrected chi connectivity index (χ0v) is 10.3. The van der Waals surface area contributed by atoms with E-state index < -0.39 is 35.0 Å². The van der Waals surface area contributed by atoms with Crippen molar-refractivity contribution in [3.05, 3.63) is 29.6 Å². The van der Waals surface area contributed by atoms with Crippen molar-refractivity contribution in [3.63, 3.8) is 0 Å². The second-order valence-electron chi connectivity index (χ2n) is 4.79. The molecule has 0 radical (unpaired) electrons. The molecule has 0 spiro atoms. The van der Waals surface area contributed by atoms with E-state index in [9.17, 15) is 18.0 Å². The van der Waals surface area contributed by atoms with Crippen LogP contribution in [-0.2, 0) is 4.79 Å². The maximum atomic E-state index is 13.4. The summed E-state index contributed by atoms with van der Waals surface area (Å²) in [5.74, 6) is -4.47. The van der Waals surface area contributed by atoms with E-state index in [-0.39, 0.29) is 6.04 Å². The van der Waals surface area contributed by atoms with Gasteiger partial charge in [-0.25, -0.2) is 13.2 Å². The molecule has 2 atom stereocenters. The number of benzene rings is 1. The molecule has 3 N–H and O–H groups in total. The predicted molar refractivity (Wildman–Crippen MR) is 64.9 cm³/mol. The lowest BCUT2D eigenvalue weighted by Gasteiger charge is -2.27. The van der Waals surface area contributed by atoms with Gasteiger partial charge in [0.25, 0.3) is 0 Å². The fraction of sp³-hybridized carbons (Fsp3) is 0.462. The summed E-state index contributed by atoms with van der Waals surface area (Å²) in [6.07, 6.45) is 3.14. The van der Waals surface area contributed by atoms with Crippen LogP contribution in [0.1, 0.15) is 25.7 Å². The highest BCUT2D eigenvalue weighted by atomic mass is 19.2. The smallest absolute Gasteiger partial charge is 0.229 e. The number of carbonyl (C=O) groups excluding carboxylic acids is 1. The Morgan fingerprint density at radius 3 is 2.58 bits per heavy atom. The quantitative estimate of drug-likeness (QED) is 0.813. The third-order valence-corrected chi connectivity index (χ3v) is 3.41. The molecule has 1 aliphatic rings. The molecular weight excluding hydrogens is 257 g/mol. The highest BCUT2D eigenvalue weighted by Gasteiger charge is 2.29. The third-order valence-electron chi connectivity index (χ3n) is 3.41. The van der Waals surface area contributed by atoms with Crippen molar-refractivity contribution in [3.8, 4) is 0 Å². The fourth-order valence-electron chi connectivity index (χ4n) is 2.36. The predicted octanol–water partition coefficient (Wildman–Crippen LogP) is 2.56. The lowest BCUT2D eigenvalue weighted by atomic mass is 9.84. The fourth-order valence-corrected chi connectivity index (χ4v) is 2.36. The Labute approximate surface area is 109 Å². The number of carbonyl (C=O) groups is 1. The second kappa shape index (κ2) is 5.61. The summed E-state index contributed by atoms with van der Waals surface area (Å²) in [6, 6.07) is 0.886. The minimum absolute atomic E-state index is 0.296. The first-order valence-electron chi connectivity index (χ1n) is 6.20. The van der Waals surface area contributed by atoms with Crippen LogP contribution in [0.4, 0.5) is 18.9 Å². The van der Waals surface area contributed by atoms with E-state index in [1.54, 1.807) is 0 Å². The van der Waals surface area contributed by atoms with E-state index >= 15 is 0 Å². The van der Waals surface area contributed by atoms with E-state index in [1.807, 2.05) is 0 Å². The monoisotopic (exact) mass is 272 g/mol. The van der Waals surface area contributed by atoms with Gasteiger partial charge in [-0.05, 0) is 12.8 Å². The van der Waals surface area contributed by atoms with E-state index in [4.69, 9.17) is 5.73 Å². The van der Waals surface area contributed by atoms with Gasteiger partial charge in [-0.3, -0.25) is 4.79 Å². The normalized spacial score (nSPS) is 23.2. The molecule has 1 aromatic rings. The molecule has 104 valence electrons. The van der Waals surface area contributed by atoms with Gasteiger partial charge >= 0.3 is 0 Å². The first kappa shape index (κ1) is 13.9. The molecule has 2 rings (SSSR count). The van der Waals surface area contributed by atoms with Crippen LogP contribution in [0.15, 0.2) is 12.1 Å². The van der Waals surface area contributed by atoms with E-state index in [0.717, 1.165) is 25.3 Å². The Kier molecular flexibility index (Phi) is 4.09. The van der Waals surface area contributed by atoms with E-state index in [1.165, 1.54) is 0 Å². The van der Waals surface area contributed by atoms with Crippen LogP contribution in [0.25, 0.3) is 0 Å². The number of halogens is 3. The summed E-state index contributed by atoms with van der Waals surface area (Å²) in [5.41, 5.74) is 5.34. The van der Waals surface area contributed by atoms with E-state index in [2.05, 4.69) is 5.32 Å². The Morgan fingerprint density at radius 2 is 1.89 bits per heavy atom. The summed E-state index contributed by atoms with van der Waals surface area (Å²) >= 11 is 0. The van der Waals surface area contributed by atoms with Gasteiger partial charge < -0.3 is 11.1 Å². The van der Waals surface area contributed by atoms with Crippen molar-refractivity contribution < 1.29 is 18.0 Å². The lowest BCUT2D eigenvalue weighted by molar-refractivity contribution is -0.121. The minimum Gasteiger partial charge on any atom is -0.327 e. The number of anilines is 1. The summed E-state index contributed by atoms with van der Waals surface area (Å²) in [6.45, 7) is 0. The zero-order chi connectivity index (χ0) is 14.0. The van der Waals surface area contributed by atoms with Crippen LogP contribution < -0.4 is 11.1 Å². The van der Waals surface area contributed by atoms with Gasteiger partial charge in [0.2, 0.25) is 5.91 Å². The van der Waals surface area contributed by atoms with Gasteiger partial charge in [0.05, 0.1) is 11.6 Å². The van der Waals surface area contributed by atoms with Crippen molar-refractivity contribution in [2.24, 2.45) is 11.7 Å². The lowest BCUT2D eigenvalue weighted by Crippen LogP contribution is -2.40. The van der Waals surface area contributed by atoms with Crippen LogP contribution in [0, 0.1) is 23.4 Å². The first-order valence-corrected chi connectivity index (χ1v) is 6.20. The molecule has 2 unspecified atom stereocenters. The number of amides is 1. The number of hydrogen-bond donors (Lipinski definition) is 2. The highest BCUT2D eigenvalue weighted by Crippen LogP contribution is 2.26. The van der Waals surface area contributed by atoms with Crippen LogP contribution in [-0.4, -0.2) is 11.9 Å². The Morgan fingerprint density at radius 1 is 1.21 bits per heavy atom. The SMILES string of the molecule is NC1CCCCC1C(=O)Nc1cc(F)cc(F)c1F. The molecule has 0 heterocycles. The Hall–Kier alpha value is -1.56. The third kappa shape index (κ3) is 3.07. The van der Waals surface area contributed by atoms with Gasteiger partial charge in [-0.1, -0.05) is 12.8 Å². The van der Waals surface area contributed by atoms with Crippen LogP contribution in [0.2, 0.25) is 0 Å². The molecule has 19 heavy (non-hydrogen) atoms. The molecule has 1 fully saturated rings. The molecule has 1 aromatic carbocycles. The maximum Gasteiger partial charge on any atom is 0.229 e. The van der Waals surface area contributed by atoms with Crippen molar-refractivity contribution >= 4 is 11.6 Å². The van der Waals surface area contributed by atoms with Crippen LogP contribution in [0.3, 0.4) is 0 Å². The number of nitrogens with two attached hydrogens (primary N) is 1. The average molecular weight is 272 g/mol. The molecule has 3 nitrogen and oxygen atoms in total. The summed E-state index contributed by atoms with van der Waals surface area (Å²) in [7, 11) is 0. The van der Waals surface area contributed by atoms with Gasteiger partial charge in [0.1, 0.15) is 5.82 Å². The van der Waals surface area contributed by atoms with Gasteiger partial charge in [0.15, 0.2) is 11.6 Å². The average Bonchev–Trinajstić information content (AvgIpc) is 2.35. The summed E-state index contributed by atoms with van der Waals surface area (Å²) < 4.78 is 39.4. The summed E-state index contributed by atoms with van der Waals surface area (Å²) in [4.78, 5) is 12.0. The highest BCUT2D eigenvalue weighted by molar-refractivity contribution is 5.93. The van der Waals surface area contributed by atoms with Crippen LogP contribution >= 0.6 is 0 Å². The molecule has 0 aliphatic heterocycles. The Balaban J connectivity index is 2.14. The molecule has 0 bridgehead atoms. The topological polar surface area (TPSA) is 55.1 Å². The number of hydrogen-bond acceptors (Lipinski definition) is 2. The Bertz CT molecular complexity index is 493. The van der Waals surface area contributed by atoms with E-state index in [0.29, 0.717) is 12.5 Å². The maximum absolute atomic E-state index is 13.4. The second-order valence-corrected chi connectivity index (χ2v) is 4.79. The van der Waals surface area contributed by atoms with Gasteiger partial charge in [-0.15, -0.1) is 0 Å². The van der Waals surface area contributed by atoms with Gasteiger partial charge in [-0.2, -0.15) is 0 Å². The minimum atomic E-state index is -1.33. The largest absolute Gasteiger partial charge is 0.327 e. The standard InChI is InChI=1S/C13H15F3N2O/c14-7-5-9(15)12(16)11(6-7)18-13(19)8-3-1-2-4-10(8)17/h5-6,8,10H,1-4,17H2,(H,18,19). The van der Waals surface area contributed by atoms with Crippen molar-refractivity contribution in [1.29, 1.82) is 0 Å². The summed E-state index contributed by atoms with van der Waals surface area (Å²) in [5, 5.41) is 2.22. The van der Waals surface area contributed by atoms with Crippen molar-refractivity contribution in [2.75, 3.05) is 5.32 Å². The first-order chi connectivity index (χ1) is 8.99. The molecule has 1 amide bonds. The molecule has 1 aliphatic carbocycles. The molecular formula is C13H15F3N2O. The number of nitrogens with one attached hydrogen (secondary N) is 1.